The number of hydrogen-bond acceptors (Lipinski definition) is 6. The van der Waals surface area contributed by atoms with E-state index < -0.39 is 10.8 Å². The fourth-order valence-corrected chi connectivity index (χ4v) is 2.79. The number of benzene rings is 2. The standard InChI is InChI=1S/C20H20N4O5/c1-13-6-14(2)8-18(7-13)29-12-23-5-4-19(22-23)20(25)21-15-9-16(24(26)27)11-17(10-15)28-3/h4-11H,12H2,1-3H3,(H,21,25). The second kappa shape index (κ2) is 8.42. The van der Waals surface area contributed by atoms with Crippen LogP contribution in [0.4, 0.5) is 11.4 Å². The van der Waals surface area contributed by atoms with Crippen molar-refractivity contribution in [1.82, 2.24) is 9.78 Å². The first-order valence-electron chi connectivity index (χ1n) is 8.73. The van der Waals surface area contributed by atoms with Gasteiger partial charge < -0.3 is 14.8 Å². The molecule has 9 nitrogen and oxygen atoms in total. The number of methoxy groups -OCH3 is 1. The van der Waals surface area contributed by atoms with E-state index in [-0.39, 0.29) is 29.5 Å². The molecule has 9 heteroatoms. The molecule has 2 aromatic carbocycles. The highest BCUT2D eigenvalue weighted by Crippen LogP contribution is 2.26. The van der Waals surface area contributed by atoms with Crippen molar-refractivity contribution in [2.45, 2.75) is 20.6 Å². The van der Waals surface area contributed by atoms with Gasteiger partial charge in [-0.3, -0.25) is 14.9 Å². The number of rotatable bonds is 7. The van der Waals surface area contributed by atoms with E-state index in [1.54, 1.807) is 6.20 Å². The lowest BCUT2D eigenvalue weighted by atomic mass is 10.1. The van der Waals surface area contributed by atoms with Crippen molar-refractivity contribution in [2.75, 3.05) is 12.4 Å². The molecule has 0 aliphatic carbocycles. The first-order chi connectivity index (χ1) is 13.8. The van der Waals surface area contributed by atoms with E-state index in [0.29, 0.717) is 5.75 Å². The normalized spacial score (nSPS) is 10.4. The minimum Gasteiger partial charge on any atom is -0.496 e. The van der Waals surface area contributed by atoms with Gasteiger partial charge in [0.25, 0.3) is 11.6 Å². The number of nitro groups is 1. The van der Waals surface area contributed by atoms with Gasteiger partial charge in [0.2, 0.25) is 0 Å². The van der Waals surface area contributed by atoms with Crippen molar-refractivity contribution in [3.05, 3.63) is 75.6 Å². The lowest BCUT2D eigenvalue weighted by Crippen LogP contribution is -2.14. The molecule has 0 radical (unpaired) electrons. The minimum absolute atomic E-state index is 0.140. The predicted octanol–water partition coefficient (Wildman–Crippen LogP) is 3.71. The number of nitrogens with one attached hydrogen (secondary N) is 1. The number of aryl methyl sites for hydroxylation is 2. The van der Waals surface area contributed by atoms with E-state index in [4.69, 9.17) is 9.47 Å². The van der Waals surface area contributed by atoms with Gasteiger partial charge in [0.15, 0.2) is 12.4 Å². The molecule has 1 amide bonds. The summed E-state index contributed by atoms with van der Waals surface area (Å²) in [6, 6.07) is 11.4. The summed E-state index contributed by atoms with van der Waals surface area (Å²) in [6.07, 6.45) is 1.62. The molecule has 1 aromatic heterocycles. The Bertz CT molecular complexity index is 1040. The van der Waals surface area contributed by atoms with Crippen LogP contribution < -0.4 is 14.8 Å². The van der Waals surface area contributed by atoms with Crippen LogP contribution in [0.2, 0.25) is 0 Å². The van der Waals surface area contributed by atoms with Crippen LogP contribution in [0.3, 0.4) is 0 Å². The zero-order chi connectivity index (χ0) is 21.0. The average Bonchev–Trinajstić information content (AvgIpc) is 3.14. The zero-order valence-electron chi connectivity index (χ0n) is 16.2. The monoisotopic (exact) mass is 396 g/mol. The minimum atomic E-state index is -0.558. The Labute approximate surface area is 167 Å². The number of non-ortho nitro benzene ring substituents is 1. The number of anilines is 1. The Morgan fingerprint density at radius 3 is 2.52 bits per heavy atom. The van der Waals surface area contributed by atoms with Crippen LogP contribution in [-0.4, -0.2) is 27.7 Å². The lowest BCUT2D eigenvalue weighted by Gasteiger charge is -2.08. The molecule has 150 valence electrons. The highest BCUT2D eigenvalue weighted by Gasteiger charge is 2.15. The summed E-state index contributed by atoms with van der Waals surface area (Å²) in [5.41, 5.74) is 2.38. The molecular weight excluding hydrogens is 376 g/mol. The molecule has 0 spiro atoms. The molecule has 0 aliphatic rings. The molecule has 29 heavy (non-hydrogen) atoms. The molecule has 0 aliphatic heterocycles. The maximum Gasteiger partial charge on any atom is 0.276 e. The van der Waals surface area contributed by atoms with E-state index >= 15 is 0 Å². The third kappa shape index (κ3) is 5.10. The number of hydrogen-bond donors (Lipinski definition) is 1. The smallest absolute Gasteiger partial charge is 0.276 e. The Hall–Kier alpha value is -3.88. The summed E-state index contributed by atoms with van der Waals surface area (Å²) in [5.74, 6) is 0.479. The third-order valence-electron chi connectivity index (χ3n) is 4.03. The number of ether oxygens (including phenoxy) is 2. The molecule has 0 fully saturated rings. The lowest BCUT2D eigenvalue weighted by molar-refractivity contribution is -0.384. The summed E-state index contributed by atoms with van der Waals surface area (Å²) in [6.45, 7) is 4.11. The van der Waals surface area contributed by atoms with Crippen molar-refractivity contribution in [3.63, 3.8) is 0 Å². The van der Waals surface area contributed by atoms with Gasteiger partial charge in [-0.05, 0) is 43.2 Å². The van der Waals surface area contributed by atoms with E-state index in [9.17, 15) is 14.9 Å². The second-order valence-electron chi connectivity index (χ2n) is 6.47. The van der Waals surface area contributed by atoms with Gasteiger partial charge >= 0.3 is 0 Å². The number of carbonyl (C=O) groups excluding carboxylic acids is 1. The first-order valence-corrected chi connectivity index (χ1v) is 8.73. The number of carbonyl (C=O) groups is 1. The molecule has 1 N–H and O–H groups in total. The molecule has 0 atom stereocenters. The van der Waals surface area contributed by atoms with Gasteiger partial charge in [-0.1, -0.05) is 6.07 Å². The highest BCUT2D eigenvalue weighted by atomic mass is 16.6. The van der Waals surface area contributed by atoms with E-state index in [0.717, 1.165) is 11.1 Å². The molecule has 0 saturated heterocycles. The first kappa shape index (κ1) is 19.9. The molecule has 3 aromatic rings. The molecule has 0 saturated carbocycles. The molecule has 3 rings (SSSR count). The van der Waals surface area contributed by atoms with Crippen LogP contribution in [-0.2, 0) is 6.73 Å². The number of nitrogens with zero attached hydrogens (tertiary/aromatic N) is 3. The van der Waals surface area contributed by atoms with E-state index in [1.165, 1.54) is 36.1 Å². The Balaban J connectivity index is 1.68. The summed E-state index contributed by atoms with van der Waals surface area (Å²) in [4.78, 5) is 22.9. The molecular formula is C20H20N4O5. The largest absolute Gasteiger partial charge is 0.496 e. The third-order valence-corrected chi connectivity index (χ3v) is 4.03. The average molecular weight is 396 g/mol. The van der Waals surface area contributed by atoms with E-state index in [2.05, 4.69) is 10.4 Å². The van der Waals surface area contributed by atoms with Gasteiger partial charge in [0.05, 0.1) is 23.8 Å². The molecule has 1 heterocycles. The van der Waals surface area contributed by atoms with Crippen molar-refractivity contribution in [3.8, 4) is 11.5 Å². The Morgan fingerprint density at radius 2 is 1.86 bits per heavy atom. The number of nitro benzene ring substituents is 1. The Morgan fingerprint density at radius 1 is 1.14 bits per heavy atom. The summed E-state index contributed by atoms with van der Waals surface area (Å²) in [7, 11) is 1.39. The number of amides is 1. The SMILES string of the molecule is COc1cc(NC(=O)c2ccn(COc3cc(C)cc(C)c3)n2)cc([N+](=O)[O-])c1. The van der Waals surface area contributed by atoms with Crippen LogP contribution in [0.15, 0.2) is 48.7 Å². The summed E-state index contributed by atoms with van der Waals surface area (Å²) in [5, 5.41) is 17.8. The van der Waals surface area contributed by atoms with Crippen molar-refractivity contribution in [1.29, 1.82) is 0 Å². The van der Waals surface area contributed by atoms with Gasteiger partial charge in [-0.25, -0.2) is 4.68 Å². The summed E-state index contributed by atoms with van der Waals surface area (Å²) < 4.78 is 12.2. The quantitative estimate of drug-likeness (QED) is 0.482. The topological polar surface area (TPSA) is 109 Å². The van der Waals surface area contributed by atoms with Crippen LogP contribution in [0.1, 0.15) is 21.6 Å². The molecule has 0 unspecified atom stereocenters. The maximum absolute atomic E-state index is 12.4. The van der Waals surface area contributed by atoms with Crippen LogP contribution in [0, 0.1) is 24.0 Å². The van der Waals surface area contributed by atoms with Crippen LogP contribution in [0.5, 0.6) is 11.5 Å². The van der Waals surface area contributed by atoms with Gasteiger partial charge in [-0.2, -0.15) is 5.10 Å². The maximum atomic E-state index is 12.4. The Kier molecular flexibility index (Phi) is 5.77. The van der Waals surface area contributed by atoms with Crippen molar-refractivity contribution in [2.24, 2.45) is 0 Å². The highest BCUT2D eigenvalue weighted by molar-refractivity contribution is 6.03. The van der Waals surface area contributed by atoms with Gasteiger partial charge in [0.1, 0.15) is 11.5 Å². The van der Waals surface area contributed by atoms with E-state index in [1.807, 2.05) is 32.0 Å². The zero-order valence-corrected chi connectivity index (χ0v) is 16.2. The fraction of sp³-hybridized carbons (Fsp3) is 0.200. The fourth-order valence-electron chi connectivity index (χ4n) is 2.79. The summed E-state index contributed by atoms with van der Waals surface area (Å²) >= 11 is 0. The van der Waals surface area contributed by atoms with Crippen molar-refractivity contribution >= 4 is 17.3 Å². The molecule has 0 bridgehead atoms. The van der Waals surface area contributed by atoms with Gasteiger partial charge in [0, 0.05) is 18.3 Å². The predicted molar refractivity (Wildman–Crippen MR) is 106 cm³/mol. The number of aromatic nitrogens is 2. The second-order valence-corrected chi connectivity index (χ2v) is 6.47. The van der Waals surface area contributed by atoms with Crippen LogP contribution >= 0.6 is 0 Å². The van der Waals surface area contributed by atoms with Crippen molar-refractivity contribution < 1.29 is 19.2 Å². The van der Waals surface area contributed by atoms with Gasteiger partial charge in [-0.15, -0.1) is 0 Å². The van der Waals surface area contributed by atoms with Crippen LogP contribution in [0.25, 0.3) is 0 Å².